The largest absolute Gasteiger partial charge is 0.405 e. The molecule has 6 N–H and O–H groups in total. The lowest BCUT2D eigenvalue weighted by molar-refractivity contribution is 0.256. The zero-order valence-corrected chi connectivity index (χ0v) is 19.0. The molecule has 0 aliphatic heterocycles. The van der Waals surface area contributed by atoms with Crippen LogP contribution in [-0.4, -0.2) is 24.3 Å². The minimum absolute atomic E-state index is 0. The van der Waals surface area contributed by atoms with Gasteiger partial charge in [-0.2, -0.15) is 0 Å². The van der Waals surface area contributed by atoms with E-state index in [1.807, 2.05) is 30.5 Å². The Morgan fingerprint density at radius 1 is 1.32 bits per heavy atom. The lowest BCUT2D eigenvalue weighted by Gasteiger charge is -2.24. The van der Waals surface area contributed by atoms with E-state index in [9.17, 15) is 0 Å². The average Bonchev–Trinajstić information content (AvgIpc) is 2.79. The lowest BCUT2D eigenvalue weighted by atomic mass is 9.97. The summed E-state index contributed by atoms with van der Waals surface area (Å²) < 4.78 is 0. The minimum atomic E-state index is 0. The van der Waals surface area contributed by atoms with Crippen LogP contribution >= 0.6 is 17.0 Å². The Morgan fingerprint density at radius 3 is 2.71 bits per heavy atom. The van der Waals surface area contributed by atoms with Gasteiger partial charge in [0, 0.05) is 32.6 Å². The Morgan fingerprint density at radius 2 is 2.07 bits per heavy atom. The van der Waals surface area contributed by atoms with Crippen molar-refractivity contribution in [2.24, 2.45) is 17.0 Å². The molecule has 0 radical (unpaired) electrons. The van der Waals surface area contributed by atoms with Gasteiger partial charge >= 0.3 is 0 Å². The van der Waals surface area contributed by atoms with Crippen molar-refractivity contribution in [3.05, 3.63) is 71.8 Å². The molecule has 0 aromatic carbocycles. The van der Waals surface area contributed by atoms with E-state index in [0.29, 0.717) is 6.54 Å². The summed E-state index contributed by atoms with van der Waals surface area (Å²) in [7, 11) is 0. The van der Waals surface area contributed by atoms with Gasteiger partial charge in [-0.15, -0.1) is 17.0 Å². The highest BCUT2D eigenvalue weighted by molar-refractivity contribution is 8.93. The molecule has 0 atom stereocenters. The number of rotatable bonds is 8. The first kappa shape index (κ1) is 26.0. The van der Waals surface area contributed by atoms with E-state index in [4.69, 9.17) is 17.0 Å². The first-order chi connectivity index (χ1) is 12.9. The van der Waals surface area contributed by atoms with Crippen LogP contribution in [-0.2, 0) is 0 Å². The van der Waals surface area contributed by atoms with Crippen LogP contribution in [0.5, 0.6) is 0 Å². The number of hydrazine groups is 1. The van der Waals surface area contributed by atoms with Crippen molar-refractivity contribution in [3.8, 4) is 0 Å². The standard InChI is InChI=1S/C22H35N5.BrH.H2/c1-22(2,3)18-27(25)17-7-10-21(12-15-24)26-16-13-20-9-6-4-5-8-19(20)11-14-23;;/h4,6-7,10-15,17,23,26H,5,8-9,16,18,24-25H2,1-3H3;2*1H/b15-12+,17-7+,19-11-,20-13+,21-10+,23-14?;;. The van der Waals surface area contributed by atoms with Crippen LogP contribution < -0.4 is 16.9 Å². The Bertz CT molecular complexity index is 655. The van der Waals surface area contributed by atoms with Crippen LogP contribution in [0.2, 0.25) is 0 Å². The smallest absolute Gasteiger partial charge is 0.0383 e. The molecular formula is C22H38BrN5. The Balaban J connectivity index is 0. The van der Waals surface area contributed by atoms with Crippen molar-refractivity contribution in [2.45, 2.75) is 40.0 Å². The molecule has 0 saturated carbocycles. The van der Waals surface area contributed by atoms with Crippen LogP contribution in [0.15, 0.2) is 71.8 Å². The first-order valence-electron chi connectivity index (χ1n) is 9.41. The Hall–Kier alpha value is -2.05. The number of hydrogen-bond donors (Lipinski definition) is 4. The molecule has 0 heterocycles. The highest BCUT2D eigenvalue weighted by atomic mass is 79.9. The van der Waals surface area contributed by atoms with Gasteiger partial charge in [-0.3, -0.25) is 0 Å². The van der Waals surface area contributed by atoms with Crippen LogP contribution in [0.1, 0.15) is 41.5 Å². The highest BCUT2D eigenvalue weighted by Crippen LogP contribution is 2.23. The van der Waals surface area contributed by atoms with Gasteiger partial charge in [-0.1, -0.05) is 39.0 Å². The topological polar surface area (TPSA) is 91.2 Å². The zero-order valence-electron chi connectivity index (χ0n) is 17.3. The molecule has 0 amide bonds. The van der Waals surface area contributed by atoms with E-state index in [-0.39, 0.29) is 23.8 Å². The molecule has 0 saturated heterocycles. The van der Waals surface area contributed by atoms with E-state index in [2.05, 4.69) is 44.3 Å². The Labute approximate surface area is 182 Å². The summed E-state index contributed by atoms with van der Waals surface area (Å²) in [6.45, 7) is 7.92. The third-order valence-electron chi connectivity index (χ3n) is 3.92. The van der Waals surface area contributed by atoms with E-state index >= 15 is 0 Å². The monoisotopic (exact) mass is 451 g/mol. The molecule has 1 aliphatic rings. The van der Waals surface area contributed by atoms with E-state index in [0.717, 1.165) is 31.5 Å². The molecular weight excluding hydrogens is 414 g/mol. The molecule has 5 nitrogen and oxygen atoms in total. The predicted molar refractivity (Wildman–Crippen MR) is 129 cm³/mol. The lowest BCUT2D eigenvalue weighted by Crippen LogP contribution is -2.33. The second-order valence-corrected chi connectivity index (χ2v) is 7.74. The van der Waals surface area contributed by atoms with Crippen LogP contribution in [0, 0.1) is 10.8 Å². The van der Waals surface area contributed by atoms with Crippen LogP contribution in [0.3, 0.4) is 0 Å². The highest BCUT2D eigenvalue weighted by Gasteiger charge is 2.11. The second kappa shape index (κ2) is 14.0. The maximum atomic E-state index is 7.35. The number of nitrogens with two attached hydrogens (primary N) is 2. The number of halogens is 1. The minimum Gasteiger partial charge on any atom is -0.405 e. The van der Waals surface area contributed by atoms with Gasteiger partial charge in [0.15, 0.2) is 0 Å². The molecule has 0 unspecified atom stereocenters. The summed E-state index contributed by atoms with van der Waals surface area (Å²) in [4.78, 5) is 0. The first-order valence-corrected chi connectivity index (χ1v) is 9.41. The third kappa shape index (κ3) is 11.6. The summed E-state index contributed by atoms with van der Waals surface area (Å²) in [5.74, 6) is 5.99. The fourth-order valence-electron chi connectivity index (χ4n) is 2.79. The van der Waals surface area contributed by atoms with Crippen molar-refractivity contribution in [1.82, 2.24) is 10.3 Å². The molecule has 28 heavy (non-hydrogen) atoms. The Kier molecular flexibility index (Phi) is 13.0. The molecule has 0 spiro atoms. The van der Waals surface area contributed by atoms with Gasteiger partial charge in [0.2, 0.25) is 0 Å². The van der Waals surface area contributed by atoms with Crippen molar-refractivity contribution >= 4 is 23.2 Å². The molecule has 6 heteroatoms. The molecule has 158 valence electrons. The normalized spacial score (nSPS) is 18.5. The quantitative estimate of drug-likeness (QED) is 0.141. The maximum absolute atomic E-state index is 7.35. The van der Waals surface area contributed by atoms with E-state index < -0.39 is 0 Å². The molecule has 0 aromatic rings. The van der Waals surface area contributed by atoms with Crippen molar-refractivity contribution < 1.29 is 1.43 Å². The fourth-order valence-corrected chi connectivity index (χ4v) is 2.79. The molecule has 0 aromatic heterocycles. The van der Waals surface area contributed by atoms with Gasteiger partial charge < -0.3 is 21.5 Å². The van der Waals surface area contributed by atoms with Crippen molar-refractivity contribution in [3.63, 3.8) is 0 Å². The number of allylic oxidation sites excluding steroid dienone is 8. The van der Waals surface area contributed by atoms with Gasteiger partial charge in [-0.25, -0.2) is 5.84 Å². The predicted octanol–water partition coefficient (Wildman–Crippen LogP) is 4.73. The molecule has 1 aliphatic carbocycles. The summed E-state index contributed by atoms with van der Waals surface area (Å²) in [5, 5.41) is 12.4. The number of hydrogen-bond acceptors (Lipinski definition) is 5. The van der Waals surface area contributed by atoms with E-state index in [1.54, 1.807) is 5.01 Å². The summed E-state index contributed by atoms with van der Waals surface area (Å²) >= 11 is 0. The fraction of sp³-hybridized carbons (Fsp3) is 0.409. The van der Waals surface area contributed by atoms with Gasteiger partial charge in [0.05, 0.1) is 0 Å². The van der Waals surface area contributed by atoms with E-state index in [1.165, 1.54) is 23.6 Å². The van der Waals surface area contributed by atoms with Crippen LogP contribution in [0.25, 0.3) is 0 Å². The van der Waals surface area contributed by atoms with Gasteiger partial charge in [0.1, 0.15) is 0 Å². The van der Waals surface area contributed by atoms with Gasteiger partial charge in [0.25, 0.3) is 0 Å². The maximum Gasteiger partial charge on any atom is 0.0383 e. The van der Waals surface area contributed by atoms with Crippen LogP contribution in [0.4, 0.5) is 0 Å². The van der Waals surface area contributed by atoms with Crippen molar-refractivity contribution in [2.75, 3.05) is 13.1 Å². The van der Waals surface area contributed by atoms with Crippen molar-refractivity contribution in [1.29, 1.82) is 5.41 Å². The zero-order chi connectivity index (χ0) is 20.1. The summed E-state index contributed by atoms with van der Waals surface area (Å²) in [6, 6.07) is 0. The number of nitrogens with one attached hydrogen (secondary N) is 2. The summed E-state index contributed by atoms with van der Waals surface area (Å²) in [5.41, 5.74) is 9.12. The summed E-state index contributed by atoms with van der Waals surface area (Å²) in [6.07, 6.45) is 21.8. The SMILES string of the molecule is Br.CC(C)(C)CN(N)/C=C/C=C(\C=C\N)NC/C=C1\CC=CCC\C1=C\C=N.[HH]. The third-order valence-corrected chi connectivity index (χ3v) is 3.92. The molecule has 0 fully saturated rings. The average molecular weight is 452 g/mol. The number of nitrogens with zero attached hydrogens (tertiary/aromatic N) is 1. The molecule has 1 rings (SSSR count). The van der Waals surface area contributed by atoms with Gasteiger partial charge in [-0.05, 0) is 66.3 Å². The second-order valence-electron chi connectivity index (χ2n) is 7.74. The molecule has 0 bridgehead atoms.